The highest BCUT2D eigenvalue weighted by atomic mass is 32.1. The van der Waals surface area contributed by atoms with Crippen LogP contribution in [0.1, 0.15) is 15.3 Å². The van der Waals surface area contributed by atoms with Gasteiger partial charge in [0.05, 0.1) is 19.8 Å². The second kappa shape index (κ2) is 13.3. The Balaban J connectivity index is 1.49. The van der Waals surface area contributed by atoms with Crippen LogP contribution in [0.5, 0.6) is 0 Å². The lowest BCUT2D eigenvalue weighted by molar-refractivity contribution is -0.133. The van der Waals surface area contributed by atoms with Gasteiger partial charge in [-0.1, -0.05) is 30.3 Å². The van der Waals surface area contributed by atoms with E-state index in [0.717, 1.165) is 23.5 Å². The first-order valence-electron chi connectivity index (χ1n) is 12.4. The van der Waals surface area contributed by atoms with Crippen molar-refractivity contribution in [3.63, 3.8) is 0 Å². The molecular formula is C28H33FN4O3S. The summed E-state index contributed by atoms with van der Waals surface area (Å²) in [6, 6.07) is 19.1. The number of carbonyl (C=O) groups is 2. The van der Waals surface area contributed by atoms with Crippen LogP contribution in [0.3, 0.4) is 0 Å². The standard InChI is InChI=1S/C28H33FN4O3S/c1-22-7-12-26(37-22)20-33(19-23-8-10-24(29)11-9-23)27(34)21-32(14-13-31-15-17-36-18-16-31)28(35)30-25-5-3-2-4-6-25/h2-12H,13-21H2,1H3,(H,30,35). The van der Waals surface area contributed by atoms with Crippen LogP contribution in [0.4, 0.5) is 14.9 Å². The number of benzene rings is 2. The van der Waals surface area contributed by atoms with E-state index in [1.165, 1.54) is 17.0 Å². The summed E-state index contributed by atoms with van der Waals surface area (Å²) in [6.45, 7) is 6.72. The Morgan fingerprint density at radius 2 is 1.70 bits per heavy atom. The average Bonchev–Trinajstić information content (AvgIpc) is 3.32. The van der Waals surface area contributed by atoms with Crippen LogP contribution >= 0.6 is 11.3 Å². The lowest BCUT2D eigenvalue weighted by Crippen LogP contribution is -2.48. The predicted octanol–water partition coefficient (Wildman–Crippen LogP) is 4.59. The SMILES string of the molecule is Cc1ccc(CN(Cc2ccc(F)cc2)C(=O)CN(CCN2CCOCC2)C(=O)Nc2ccccc2)s1. The van der Waals surface area contributed by atoms with Gasteiger partial charge in [0.1, 0.15) is 12.4 Å². The van der Waals surface area contributed by atoms with Crippen LogP contribution in [-0.4, -0.2) is 72.6 Å². The molecule has 0 saturated carbocycles. The highest BCUT2D eigenvalue weighted by Gasteiger charge is 2.23. The van der Waals surface area contributed by atoms with Crippen LogP contribution in [0, 0.1) is 12.7 Å². The third-order valence-electron chi connectivity index (χ3n) is 6.21. The molecule has 2 heterocycles. The smallest absolute Gasteiger partial charge is 0.322 e. The number of nitrogens with zero attached hydrogens (tertiary/aromatic N) is 3. The van der Waals surface area contributed by atoms with Gasteiger partial charge < -0.3 is 19.9 Å². The summed E-state index contributed by atoms with van der Waals surface area (Å²) in [5.41, 5.74) is 1.50. The number of carbonyl (C=O) groups excluding carboxylic acids is 2. The Labute approximate surface area is 221 Å². The van der Waals surface area contributed by atoms with Crippen LogP contribution in [-0.2, 0) is 22.6 Å². The van der Waals surface area contributed by atoms with Gasteiger partial charge in [0.25, 0.3) is 0 Å². The zero-order valence-corrected chi connectivity index (χ0v) is 21.9. The lowest BCUT2D eigenvalue weighted by Gasteiger charge is -2.31. The van der Waals surface area contributed by atoms with Crippen LogP contribution in [0.25, 0.3) is 0 Å². The van der Waals surface area contributed by atoms with E-state index in [1.807, 2.05) is 49.4 Å². The molecule has 0 radical (unpaired) electrons. The van der Waals surface area contributed by atoms with Crippen molar-refractivity contribution in [2.45, 2.75) is 20.0 Å². The van der Waals surface area contributed by atoms with E-state index in [1.54, 1.807) is 33.3 Å². The minimum Gasteiger partial charge on any atom is -0.379 e. The molecule has 1 aromatic heterocycles. The minimum atomic E-state index is -0.318. The summed E-state index contributed by atoms with van der Waals surface area (Å²) in [6.07, 6.45) is 0. The largest absolute Gasteiger partial charge is 0.379 e. The van der Waals surface area contributed by atoms with Gasteiger partial charge in [-0.3, -0.25) is 9.69 Å². The van der Waals surface area contributed by atoms with Gasteiger partial charge in [-0.15, -0.1) is 11.3 Å². The number of urea groups is 1. The Morgan fingerprint density at radius 1 is 0.973 bits per heavy atom. The number of aryl methyl sites for hydroxylation is 1. The topological polar surface area (TPSA) is 65.1 Å². The second-order valence-corrected chi connectivity index (χ2v) is 10.4. The molecule has 3 amide bonds. The maximum Gasteiger partial charge on any atom is 0.322 e. The summed E-state index contributed by atoms with van der Waals surface area (Å²) in [5, 5.41) is 2.92. The number of morpholine rings is 1. The summed E-state index contributed by atoms with van der Waals surface area (Å²) >= 11 is 1.64. The number of amides is 3. The maximum absolute atomic E-state index is 13.6. The number of halogens is 1. The van der Waals surface area contributed by atoms with E-state index >= 15 is 0 Å². The number of hydrogen-bond acceptors (Lipinski definition) is 5. The summed E-state index contributed by atoms with van der Waals surface area (Å²) in [7, 11) is 0. The number of anilines is 1. The molecule has 196 valence electrons. The van der Waals surface area contributed by atoms with E-state index in [4.69, 9.17) is 4.74 Å². The molecule has 1 aliphatic rings. The molecule has 9 heteroatoms. The van der Waals surface area contributed by atoms with Crippen molar-refractivity contribution in [2.24, 2.45) is 0 Å². The van der Waals surface area contributed by atoms with E-state index in [9.17, 15) is 14.0 Å². The number of rotatable bonds is 10. The first-order valence-corrected chi connectivity index (χ1v) is 13.3. The monoisotopic (exact) mass is 524 g/mol. The molecule has 0 unspecified atom stereocenters. The van der Waals surface area contributed by atoms with Gasteiger partial charge in [0.15, 0.2) is 0 Å². The van der Waals surface area contributed by atoms with Gasteiger partial charge in [-0.25, -0.2) is 9.18 Å². The number of ether oxygens (including phenoxy) is 1. The van der Waals surface area contributed by atoms with Gasteiger partial charge in [0, 0.05) is 48.2 Å². The van der Waals surface area contributed by atoms with E-state index in [-0.39, 0.29) is 24.3 Å². The Morgan fingerprint density at radius 3 is 2.38 bits per heavy atom. The van der Waals surface area contributed by atoms with Crippen molar-refractivity contribution >= 4 is 29.0 Å². The summed E-state index contributed by atoms with van der Waals surface area (Å²) < 4.78 is 18.9. The number of hydrogen-bond donors (Lipinski definition) is 1. The summed E-state index contributed by atoms with van der Waals surface area (Å²) in [4.78, 5) is 34.7. The number of thiophene rings is 1. The van der Waals surface area contributed by atoms with Gasteiger partial charge in [-0.05, 0) is 48.9 Å². The molecule has 0 bridgehead atoms. The lowest BCUT2D eigenvalue weighted by atomic mass is 10.2. The molecule has 3 aromatic rings. The van der Waals surface area contributed by atoms with Crippen molar-refractivity contribution in [3.05, 3.63) is 87.9 Å². The fourth-order valence-corrected chi connectivity index (χ4v) is 5.03. The van der Waals surface area contributed by atoms with Gasteiger partial charge in [0.2, 0.25) is 5.91 Å². The summed E-state index contributed by atoms with van der Waals surface area (Å²) in [5.74, 6) is -0.483. The van der Waals surface area contributed by atoms with Crippen LogP contribution in [0.2, 0.25) is 0 Å². The zero-order chi connectivity index (χ0) is 26.0. The Kier molecular flexibility index (Phi) is 9.65. The molecule has 1 N–H and O–H groups in total. The zero-order valence-electron chi connectivity index (χ0n) is 21.1. The minimum absolute atomic E-state index is 0.0610. The third-order valence-corrected chi connectivity index (χ3v) is 7.20. The molecule has 0 spiro atoms. The maximum atomic E-state index is 13.6. The first-order chi connectivity index (χ1) is 18.0. The van der Waals surface area contributed by atoms with Crippen LogP contribution in [0.15, 0.2) is 66.7 Å². The van der Waals surface area contributed by atoms with Crippen molar-refractivity contribution in [2.75, 3.05) is 51.3 Å². The Hall–Kier alpha value is -3.27. The highest BCUT2D eigenvalue weighted by Crippen LogP contribution is 2.19. The van der Waals surface area contributed by atoms with Crippen LogP contribution < -0.4 is 5.32 Å². The molecule has 37 heavy (non-hydrogen) atoms. The third kappa shape index (κ3) is 8.38. The normalized spacial score (nSPS) is 13.8. The second-order valence-electron chi connectivity index (χ2n) is 9.06. The number of para-hydroxylation sites is 1. The quantitative estimate of drug-likeness (QED) is 0.421. The molecule has 1 saturated heterocycles. The van der Waals surface area contributed by atoms with Gasteiger partial charge >= 0.3 is 6.03 Å². The van der Waals surface area contributed by atoms with E-state index in [2.05, 4.69) is 10.2 Å². The van der Waals surface area contributed by atoms with Crippen molar-refractivity contribution in [1.29, 1.82) is 0 Å². The molecule has 1 aliphatic heterocycles. The van der Waals surface area contributed by atoms with Crippen molar-refractivity contribution in [1.82, 2.24) is 14.7 Å². The van der Waals surface area contributed by atoms with E-state index in [0.29, 0.717) is 45.1 Å². The fraction of sp³-hybridized carbons (Fsp3) is 0.357. The molecule has 0 aliphatic carbocycles. The van der Waals surface area contributed by atoms with Gasteiger partial charge in [-0.2, -0.15) is 0 Å². The molecule has 0 atom stereocenters. The van der Waals surface area contributed by atoms with Crippen molar-refractivity contribution in [3.8, 4) is 0 Å². The predicted molar refractivity (Wildman–Crippen MR) is 144 cm³/mol. The van der Waals surface area contributed by atoms with E-state index < -0.39 is 0 Å². The molecular weight excluding hydrogens is 491 g/mol. The number of nitrogens with one attached hydrogen (secondary N) is 1. The molecule has 4 rings (SSSR count). The molecule has 2 aromatic carbocycles. The molecule has 7 nitrogen and oxygen atoms in total. The first kappa shape index (κ1) is 26.8. The molecule has 1 fully saturated rings. The highest BCUT2D eigenvalue weighted by molar-refractivity contribution is 7.11. The Bertz CT molecular complexity index is 1150. The fourth-order valence-electron chi connectivity index (χ4n) is 4.13. The van der Waals surface area contributed by atoms with Crippen molar-refractivity contribution < 1.29 is 18.7 Å². The average molecular weight is 525 g/mol.